The summed E-state index contributed by atoms with van der Waals surface area (Å²) in [4.78, 5) is 11.5. The third-order valence-corrected chi connectivity index (χ3v) is 6.85. The van der Waals surface area contributed by atoms with Crippen molar-refractivity contribution in [1.29, 1.82) is 0 Å². The van der Waals surface area contributed by atoms with Gasteiger partial charge >= 0.3 is 151 Å². The first kappa shape index (κ1) is 18.5. The van der Waals surface area contributed by atoms with Crippen molar-refractivity contribution < 1.29 is 31.0 Å². The second-order valence-corrected chi connectivity index (χ2v) is 9.46. The van der Waals surface area contributed by atoms with E-state index < -0.39 is 14.2 Å². The second-order valence-electron chi connectivity index (χ2n) is 5.58. The van der Waals surface area contributed by atoms with Crippen molar-refractivity contribution in [3.8, 4) is 11.5 Å². The Bertz CT molecular complexity index is 879. The van der Waals surface area contributed by atoms with Crippen LogP contribution in [0.5, 0.6) is 11.5 Å². The van der Waals surface area contributed by atoms with Crippen LogP contribution >= 0.6 is 0 Å². The van der Waals surface area contributed by atoms with Crippen molar-refractivity contribution >= 4 is 30.1 Å². The number of nitrogens with one attached hydrogen (secondary N) is 1. The van der Waals surface area contributed by atoms with E-state index in [1.807, 2.05) is 18.2 Å². The molecule has 26 heavy (non-hydrogen) atoms. The van der Waals surface area contributed by atoms with E-state index in [1.54, 1.807) is 12.1 Å². The van der Waals surface area contributed by atoms with Crippen LogP contribution in [-0.2, 0) is 22.7 Å². The molecule has 138 valence electrons. The maximum atomic E-state index is 12.4. The molecule has 9 nitrogen and oxygen atoms in total. The number of amides is 1. The molecule has 0 saturated heterocycles. The van der Waals surface area contributed by atoms with Crippen LogP contribution in [0.15, 0.2) is 36.4 Å². The van der Waals surface area contributed by atoms with Gasteiger partial charge in [-0.05, 0) is 0 Å². The topological polar surface area (TPSA) is 129 Å². The van der Waals surface area contributed by atoms with E-state index in [0.717, 1.165) is 11.1 Å². The molecule has 2 aromatic carbocycles. The van der Waals surface area contributed by atoms with E-state index in [1.165, 1.54) is 13.0 Å². The molecule has 0 aromatic heterocycles. The molecule has 3 rings (SSSR count). The predicted molar refractivity (Wildman–Crippen MR) is 91.2 cm³/mol. The molecule has 2 aromatic rings. The number of hydrogen-bond donors (Lipinski definition) is 3. The summed E-state index contributed by atoms with van der Waals surface area (Å²) in [6, 6.07) is 10.3. The Morgan fingerprint density at radius 2 is 1.92 bits per heavy atom. The Kier molecular flexibility index (Phi) is 5.35. The zero-order valence-corrected chi connectivity index (χ0v) is 15.7. The summed E-state index contributed by atoms with van der Waals surface area (Å²) in [6.45, 7) is 1.49. The molecule has 0 bridgehead atoms. The average molecular weight is 424 g/mol. The summed E-state index contributed by atoms with van der Waals surface area (Å²) < 4.78 is 31.4. The van der Waals surface area contributed by atoms with E-state index in [9.17, 15) is 8.53 Å². The van der Waals surface area contributed by atoms with Crippen molar-refractivity contribution in [1.82, 2.24) is 0 Å². The average Bonchev–Trinajstić information content (AvgIpc) is 3.08. The van der Waals surface area contributed by atoms with Crippen LogP contribution in [0, 0.1) is 0 Å². The van der Waals surface area contributed by atoms with Crippen molar-refractivity contribution in [3.63, 3.8) is 0 Å². The van der Waals surface area contributed by atoms with Gasteiger partial charge in [-0.25, -0.2) is 0 Å². The van der Waals surface area contributed by atoms with Gasteiger partial charge in [0.2, 0.25) is 0 Å². The first-order valence-electron chi connectivity index (χ1n) is 7.56. The SMILES string of the molecule is CC(=O)Nc1cc(Cc2ccc3c(c2)OCO3)ccc1[As](=O)(ON)OO. The van der Waals surface area contributed by atoms with E-state index in [4.69, 9.17) is 20.6 Å². The molecule has 10 heteroatoms. The van der Waals surface area contributed by atoms with Gasteiger partial charge in [0.05, 0.1) is 0 Å². The summed E-state index contributed by atoms with van der Waals surface area (Å²) in [5, 5.41) is 11.5. The molecule has 4 N–H and O–H groups in total. The number of hydrogen-bond acceptors (Lipinski definition) is 8. The van der Waals surface area contributed by atoms with Crippen molar-refractivity contribution in [3.05, 3.63) is 47.5 Å². The summed E-state index contributed by atoms with van der Waals surface area (Å²) in [5.74, 6) is 5.97. The minimum absolute atomic E-state index is 0.00207. The normalized spacial score (nSPS) is 14.7. The van der Waals surface area contributed by atoms with Gasteiger partial charge in [-0.3, -0.25) is 0 Å². The summed E-state index contributed by atoms with van der Waals surface area (Å²) in [7, 11) is 0. The quantitative estimate of drug-likeness (QED) is 0.355. The van der Waals surface area contributed by atoms with E-state index in [2.05, 4.69) is 13.0 Å². The Balaban J connectivity index is 1.93. The van der Waals surface area contributed by atoms with Crippen LogP contribution in [0.1, 0.15) is 18.1 Å². The van der Waals surface area contributed by atoms with E-state index in [0.29, 0.717) is 17.9 Å². The third kappa shape index (κ3) is 3.77. The van der Waals surface area contributed by atoms with Gasteiger partial charge in [-0.2, -0.15) is 0 Å². The maximum absolute atomic E-state index is 12.4. The number of fused-ring (bicyclic) bond motifs is 1. The molecule has 0 radical (unpaired) electrons. The van der Waals surface area contributed by atoms with Gasteiger partial charge in [-0.1, -0.05) is 0 Å². The van der Waals surface area contributed by atoms with Gasteiger partial charge in [-0.15, -0.1) is 0 Å². The first-order valence-corrected chi connectivity index (χ1v) is 10.8. The molecule has 0 aliphatic carbocycles. The van der Waals surface area contributed by atoms with Gasteiger partial charge in [0.15, 0.2) is 0 Å². The molecule has 1 unspecified atom stereocenters. The van der Waals surface area contributed by atoms with Crippen molar-refractivity contribution in [2.24, 2.45) is 5.90 Å². The van der Waals surface area contributed by atoms with Gasteiger partial charge < -0.3 is 0 Å². The molecular weight excluding hydrogens is 407 g/mol. The number of ether oxygens (including phenoxy) is 2. The number of nitrogens with two attached hydrogens (primary N) is 1. The molecule has 1 atom stereocenters. The van der Waals surface area contributed by atoms with Crippen LogP contribution in [-0.4, -0.2) is 32.1 Å². The zero-order valence-electron chi connectivity index (χ0n) is 13.8. The van der Waals surface area contributed by atoms with Crippen LogP contribution in [0.2, 0.25) is 0 Å². The predicted octanol–water partition coefficient (Wildman–Crippen LogP) is 0.921. The van der Waals surface area contributed by atoms with Crippen LogP contribution in [0.3, 0.4) is 0 Å². The zero-order chi connectivity index (χ0) is 18.7. The Labute approximate surface area is 151 Å². The molecular formula is C16H17AsN2O7. The summed E-state index contributed by atoms with van der Waals surface area (Å²) in [5.41, 5.74) is 1.96. The number of carbonyl (C=O) groups excluding carboxylic acids is 1. The fourth-order valence-electron chi connectivity index (χ4n) is 2.63. The standard InChI is InChI=1S/C16H17AsN2O7/c1-10(20)19-14-7-11(2-4-13(14)17(21,25-18)26-22)6-12-3-5-15-16(8-12)24-9-23-15/h2-5,7-8,22H,6,9,18H2,1H3,(H,19,20). The Hall–Kier alpha value is -2.29. The molecule has 0 saturated carbocycles. The van der Waals surface area contributed by atoms with Crippen LogP contribution < -0.4 is 25.0 Å². The molecule has 0 spiro atoms. The third-order valence-electron chi connectivity index (χ3n) is 3.76. The van der Waals surface area contributed by atoms with Gasteiger partial charge in [0.25, 0.3) is 0 Å². The van der Waals surface area contributed by atoms with Crippen molar-refractivity contribution in [2.75, 3.05) is 12.1 Å². The van der Waals surface area contributed by atoms with Crippen LogP contribution in [0.4, 0.5) is 5.69 Å². The monoisotopic (exact) mass is 424 g/mol. The van der Waals surface area contributed by atoms with Crippen molar-refractivity contribution in [2.45, 2.75) is 13.3 Å². The van der Waals surface area contributed by atoms with Gasteiger partial charge in [0.1, 0.15) is 0 Å². The fraction of sp³-hybridized carbons (Fsp3) is 0.188. The molecule has 1 heterocycles. The molecule has 1 aliphatic heterocycles. The number of anilines is 1. The molecule has 0 fully saturated rings. The minimum atomic E-state index is -4.87. The number of benzene rings is 2. The Morgan fingerprint density at radius 3 is 2.62 bits per heavy atom. The number of carbonyl (C=O) groups is 1. The molecule has 1 aliphatic rings. The van der Waals surface area contributed by atoms with E-state index in [-0.39, 0.29) is 22.7 Å². The summed E-state index contributed by atoms with van der Waals surface area (Å²) in [6.07, 6.45) is 0.518. The number of rotatable bonds is 6. The van der Waals surface area contributed by atoms with E-state index >= 15 is 0 Å². The first-order chi connectivity index (χ1) is 12.4. The van der Waals surface area contributed by atoms with Gasteiger partial charge in [0, 0.05) is 0 Å². The van der Waals surface area contributed by atoms with Crippen LogP contribution in [0.25, 0.3) is 0 Å². The molecule has 1 amide bonds. The summed E-state index contributed by atoms with van der Waals surface area (Å²) >= 11 is -4.87. The second kappa shape index (κ2) is 7.53. The Morgan fingerprint density at radius 1 is 1.23 bits per heavy atom. The fourth-order valence-corrected chi connectivity index (χ4v) is 4.54.